The number of hydrogen-bond donors (Lipinski definition) is 1. The van der Waals surface area contributed by atoms with Gasteiger partial charge in [0.1, 0.15) is 0 Å². The number of rotatable bonds is 1. The number of hydrogen-bond acceptors (Lipinski definition) is 1. The first-order chi connectivity index (χ1) is 8.27. The Morgan fingerprint density at radius 2 is 1.33 bits per heavy atom. The van der Waals surface area contributed by atoms with E-state index in [4.69, 9.17) is 0 Å². The van der Waals surface area contributed by atoms with E-state index < -0.39 is 11.1 Å². The van der Waals surface area contributed by atoms with Crippen LogP contribution in [-0.4, -0.2) is 8.76 Å². The van der Waals surface area contributed by atoms with E-state index >= 15 is 0 Å². The molecule has 0 fully saturated rings. The summed E-state index contributed by atoms with van der Waals surface area (Å²) in [6.45, 7) is 0. The van der Waals surface area contributed by atoms with Crippen LogP contribution in [0.25, 0.3) is 21.5 Å². The smallest absolute Gasteiger partial charge is 1.00 e. The van der Waals surface area contributed by atoms with E-state index in [0.717, 1.165) is 21.5 Å². The predicted molar refractivity (Wildman–Crippen MR) is 71.6 cm³/mol. The second-order valence-electron chi connectivity index (χ2n) is 3.90. The van der Waals surface area contributed by atoms with Gasteiger partial charge >= 0.3 is 18.9 Å². The average molecular weight is 250 g/mol. The van der Waals surface area contributed by atoms with E-state index in [1.54, 1.807) is 0 Å². The fourth-order valence-corrected chi connectivity index (χ4v) is 2.91. The molecule has 86 valence electrons. The van der Waals surface area contributed by atoms with Gasteiger partial charge in [0.05, 0.1) is 4.90 Å². The van der Waals surface area contributed by atoms with E-state index in [2.05, 4.69) is 0 Å². The minimum absolute atomic E-state index is 0. The molecule has 0 spiro atoms. The zero-order valence-corrected chi connectivity index (χ0v) is 10.8. The molecule has 0 aliphatic carbocycles. The van der Waals surface area contributed by atoms with Crippen LogP contribution >= 0.6 is 0 Å². The van der Waals surface area contributed by atoms with Crippen molar-refractivity contribution in [2.45, 2.75) is 4.90 Å². The summed E-state index contributed by atoms with van der Waals surface area (Å²) in [5.74, 6) is 0. The third-order valence-corrected chi connectivity index (χ3v) is 3.69. The standard InChI is InChI=1S/C14H10O2S.Li.H/c15-17(16)14-12-7-3-1-5-10(12)9-11-6-2-4-8-13(11)14;;/h1-9H,(H,15,16);;/q;+1;-1. The molecule has 1 atom stereocenters. The van der Waals surface area contributed by atoms with Gasteiger partial charge in [0.25, 0.3) is 0 Å². The van der Waals surface area contributed by atoms with Crippen LogP contribution < -0.4 is 18.9 Å². The van der Waals surface area contributed by atoms with Gasteiger partial charge in [0, 0.05) is 10.8 Å². The molecule has 0 radical (unpaired) electrons. The molecule has 3 aromatic carbocycles. The molecule has 0 aliphatic rings. The Bertz CT molecular complexity index is 692. The van der Waals surface area contributed by atoms with Crippen molar-refractivity contribution in [2.24, 2.45) is 0 Å². The van der Waals surface area contributed by atoms with Crippen LogP contribution in [-0.2, 0) is 11.1 Å². The Labute approximate surface area is 121 Å². The topological polar surface area (TPSA) is 37.3 Å². The summed E-state index contributed by atoms with van der Waals surface area (Å²) in [6.07, 6.45) is 0. The van der Waals surface area contributed by atoms with Crippen molar-refractivity contribution < 1.29 is 29.0 Å². The molecule has 0 saturated carbocycles. The molecule has 0 aliphatic heterocycles. The van der Waals surface area contributed by atoms with Gasteiger partial charge in [-0.1, -0.05) is 48.5 Å². The van der Waals surface area contributed by atoms with Crippen molar-refractivity contribution in [3.63, 3.8) is 0 Å². The maximum Gasteiger partial charge on any atom is 1.00 e. The summed E-state index contributed by atoms with van der Waals surface area (Å²) < 4.78 is 21.0. The quantitative estimate of drug-likeness (QED) is 0.392. The van der Waals surface area contributed by atoms with Crippen LogP contribution in [0.15, 0.2) is 59.5 Å². The van der Waals surface area contributed by atoms with E-state index in [0.29, 0.717) is 4.90 Å². The molecule has 4 heteroatoms. The molecule has 18 heavy (non-hydrogen) atoms. The minimum atomic E-state index is -1.98. The van der Waals surface area contributed by atoms with E-state index in [1.807, 2.05) is 54.6 Å². The van der Waals surface area contributed by atoms with Crippen molar-refractivity contribution in [1.29, 1.82) is 0 Å². The Kier molecular flexibility index (Phi) is 3.89. The third kappa shape index (κ3) is 2.11. The molecule has 2 nitrogen and oxygen atoms in total. The Morgan fingerprint density at radius 3 is 1.78 bits per heavy atom. The Hall–Kier alpha value is -1.11. The van der Waals surface area contributed by atoms with Crippen molar-refractivity contribution in [3.8, 4) is 0 Å². The van der Waals surface area contributed by atoms with Gasteiger partial charge in [0.15, 0.2) is 11.1 Å². The number of fused-ring (bicyclic) bond motifs is 2. The fraction of sp³-hybridized carbons (Fsp3) is 0. The van der Waals surface area contributed by atoms with Crippen LogP contribution in [0.1, 0.15) is 1.43 Å². The second-order valence-corrected chi connectivity index (χ2v) is 4.80. The summed E-state index contributed by atoms with van der Waals surface area (Å²) in [4.78, 5) is 0.499. The normalized spacial score (nSPS) is 12.3. The zero-order valence-electron chi connectivity index (χ0n) is 11.0. The molecule has 0 heterocycles. The average Bonchev–Trinajstić information content (AvgIpc) is 2.35. The zero-order chi connectivity index (χ0) is 11.8. The van der Waals surface area contributed by atoms with Gasteiger partial charge in [-0.15, -0.1) is 0 Å². The minimum Gasteiger partial charge on any atom is -1.00 e. The molecule has 0 saturated heterocycles. The van der Waals surface area contributed by atoms with Crippen LogP contribution in [0.3, 0.4) is 0 Å². The summed E-state index contributed by atoms with van der Waals surface area (Å²) in [7, 11) is 0. The SMILES string of the molecule is O=S(O)c1c2ccccc2cc2ccccc12.[H-].[Li+]. The first-order valence-electron chi connectivity index (χ1n) is 5.29. The van der Waals surface area contributed by atoms with Crippen LogP contribution in [0.2, 0.25) is 0 Å². The van der Waals surface area contributed by atoms with E-state index in [-0.39, 0.29) is 20.3 Å². The van der Waals surface area contributed by atoms with Crippen molar-refractivity contribution in [3.05, 3.63) is 54.6 Å². The summed E-state index contributed by atoms with van der Waals surface area (Å²) in [5, 5.41) is 3.66. The summed E-state index contributed by atoms with van der Waals surface area (Å²) >= 11 is -1.98. The summed E-state index contributed by atoms with van der Waals surface area (Å²) in [6, 6.07) is 17.3. The molecule has 1 N–H and O–H groups in total. The molecule has 3 rings (SSSR count). The van der Waals surface area contributed by atoms with Gasteiger partial charge in [0.2, 0.25) is 0 Å². The molecule has 3 aromatic rings. The molecule has 1 unspecified atom stereocenters. The maximum absolute atomic E-state index is 11.5. The van der Waals surface area contributed by atoms with Crippen LogP contribution in [0.5, 0.6) is 0 Å². The summed E-state index contributed by atoms with van der Waals surface area (Å²) in [5.41, 5.74) is 0. The monoisotopic (exact) mass is 250 g/mol. The van der Waals surface area contributed by atoms with Gasteiger partial charge in [-0.05, 0) is 16.8 Å². The Morgan fingerprint density at radius 1 is 0.889 bits per heavy atom. The van der Waals surface area contributed by atoms with Gasteiger partial charge in [-0.25, -0.2) is 4.21 Å². The molecule has 0 bridgehead atoms. The third-order valence-electron chi connectivity index (χ3n) is 2.90. The van der Waals surface area contributed by atoms with Crippen molar-refractivity contribution >= 4 is 32.6 Å². The maximum atomic E-state index is 11.5. The molecule has 0 amide bonds. The number of benzene rings is 3. The first-order valence-corrected chi connectivity index (χ1v) is 6.39. The largest absolute Gasteiger partial charge is 1.00 e. The van der Waals surface area contributed by atoms with E-state index in [9.17, 15) is 8.76 Å². The van der Waals surface area contributed by atoms with Crippen molar-refractivity contribution in [1.82, 2.24) is 0 Å². The second kappa shape index (κ2) is 5.25. The first kappa shape index (κ1) is 13.3. The van der Waals surface area contributed by atoms with Crippen LogP contribution in [0, 0.1) is 0 Å². The van der Waals surface area contributed by atoms with Gasteiger partial charge in [-0.3, -0.25) is 0 Å². The van der Waals surface area contributed by atoms with E-state index in [1.165, 1.54) is 0 Å². The Balaban J connectivity index is 0.000000902. The van der Waals surface area contributed by atoms with Gasteiger partial charge < -0.3 is 5.98 Å². The van der Waals surface area contributed by atoms with Crippen molar-refractivity contribution in [2.75, 3.05) is 0 Å². The van der Waals surface area contributed by atoms with Gasteiger partial charge in [-0.2, -0.15) is 0 Å². The van der Waals surface area contributed by atoms with Crippen LogP contribution in [0.4, 0.5) is 0 Å². The predicted octanol–water partition coefficient (Wildman–Crippen LogP) is 0.690. The molecule has 0 aromatic heterocycles. The molecular weight excluding hydrogens is 239 g/mol. The fourth-order valence-electron chi connectivity index (χ4n) is 2.16. The molecular formula is C14H11LiO2S.